The van der Waals surface area contributed by atoms with Gasteiger partial charge in [0, 0.05) is 11.1 Å². The molecule has 0 atom stereocenters. The van der Waals surface area contributed by atoms with Gasteiger partial charge in [-0.2, -0.15) is 13.2 Å². The third-order valence-electron chi connectivity index (χ3n) is 5.59. The van der Waals surface area contributed by atoms with Gasteiger partial charge in [0.15, 0.2) is 5.11 Å². The molecule has 0 radical (unpaired) electrons. The summed E-state index contributed by atoms with van der Waals surface area (Å²) in [6.45, 7) is 11.6. The molecule has 9 heteroatoms. The van der Waals surface area contributed by atoms with E-state index >= 15 is 0 Å². The number of phenols is 1. The number of hydrogen-bond donors (Lipinski definition) is 2. The zero-order valence-electron chi connectivity index (χ0n) is 20.3. The molecular formula is C26H27F3N2O3S. The number of benzene rings is 2. The van der Waals surface area contributed by atoms with Crippen molar-refractivity contribution in [2.24, 2.45) is 0 Å². The maximum absolute atomic E-state index is 13.3. The molecular weight excluding hydrogens is 477 g/mol. The molecule has 2 aromatic carbocycles. The van der Waals surface area contributed by atoms with Crippen molar-refractivity contribution in [1.29, 1.82) is 0 Å². The normalized spacial score (nSPS) is 16.7. The first-order valence-electron chi connectivity index (χ1n) is 10.9. The molecule has 35 heavy (non-hydrogen) atoms. The molecule has 3 rings (SSSR count). The minimum Gasteiger partial charge on any atom is -0.507 e. The lowest BCUT2D eigenvalue weighted by atomic mass is 9.78. The van der Waals surface area contributed by atoms with Crippen molar-refractivity contribution in [3.05, 3.63) is 64.2 Å². The van der Waals surface area contributed by atoms with Crippen molar-refractivity contribution < 1.29 is 27.9 Å². The summed E-state index contributed by atoms with van der Waals surface area (Å²) in [6.07, 6.45) is -3.25. The third-order valence-corrected chi connectivity index (χ3v) is 5.88. The molecule has 2 aromatic rings. The van der Waals surface area contributed by atoms with Crippen molar-refractivity contribution >= 4 is 40.9 Å². The molecule has 186 valence electrons. The lowest BCUT2D eigenvalue weighted by Crippen LogP contribution is -2.54. The summed E-state index contributed by atoms with van der Waals surface area (Å²) in [7, 11) is 0. The molecule has 1 heterocycles. The van der Waals surface area contributed by atoms with Crippen LogP contribution < -0.4 is 10.2 Å². The molecule has 1 saturated heterocycles. The number of anilines is 1. The number of aromatic hydroxyl groups is 1. The van der Waals surface area contributed by atoms with Gasteiger partial charge in [-0.15, -0.1) is 0 Å². The van der Waals surface area contributed by atoms with E-state index in [0.29, 0.717) is 16.7 Å². The van der Waals surface area contributed by atoms with Crippen LogP contribution in [0.5, 0.6) is 5.75 Å². The van der Waals surface area contributed by atoms with Crippen LogP contribution in [0.15, 0.2) is 42.0 Å². The predicted molar refractivity (Wildman–Crippen MR) is 133 cm³/mol. The molecule has 2 N–H and O–H groups in total. The highest BCUT2D eigenvalue weighted by atomic mass is 32.1. The van der Waals surface area contributed by atoms with Crippen molar-refractivity contribution in [3.63, 3.8) is 0 Å². The highest BCUT2D eigenvalue weighted by Gasteiger charge is 2.37. The summed E-state index contributed by atoms with van der Waals surface area (Å²) in [4.78, 5) is 26.9. The summed E-state index contributed by atoms with van der Waals surface area (Å²) >= 11 is 5.11. The van der Waals surface area contributed by atoms with E-state index in [0.717, 1.165) is 17.0 Å². The van der Waals surface area contributed by atoms with Gasteiger partial charge < -0.3 is 5.11 Å². The van der Waals surface area contributed by atoms with Crippen LogP contribution >= 0.6 is 12.2 Å². The summed E-state index contributed by atoms with van der Waals surface area (Å²) in [5, 5.41) is 13.0. The Labute approximate surface area is 207 Å². The van der Waals surface area contributed by atoms with Crippen LogP contribution in [0.1, 0.15) is 63.8 Å². The molecule has 1 aliphatic rings. The fraction of sp³-hybridized carbons (Fsp3) is 0.346. The van der Waals surface area contributed by atoms with Crippen LogP contribution in [0.25, 0.3) is 6.08 Å². The maximum atomic E-state index is 13.3. The Hall–Kier alpha value is -3.20. The molecule has 0 unspecified atom stereocenters. The van der Waals surface area contributed by atoms with Gasteiger partial charge in [0.1, 0.15) is 11.3 Å². The standard InChI is InChI=1S/C26H27F3N2O3S/c1-24(2,3)18-11-14(12-19(20(18)32)25(4,5)6)10-17-21(33)30-23(35)31(22(17)34)16-9-7-8-15(13-16)26(27,28)29/h7-13,32H,1-6H3,(H,30,33,35)/b17-10+. The van der Waals surface area contributed by atoms with E-state index in [-0.39, 0.29) is 22.1 Å². The first-order chi connectivity index (χ1) is 15.9. The van der Waals surface area contributed by atoms with Crippen molar-refractivity contribution in [1.82, 2.24) is 5.32 Å². The van der Waals surface area contributed by atoms with Crippen molar-refractivity contribution in [2.75, 3.05) is 4.90 Å². The average Bonchev–Trinajstić information content (AvgIpc) is 2.69. The number of carbonyl (C=O) groups is 2. The van der Waals surface area contributed by atoms with E-state index in [9.17, 15) is 27.9 Å². The Balaban J connectivity index is 2.16. The second kappa shape index (κ2) is 8.78. The minimum atomic E-state index is -4.61. The fourth-order valence-electron chi connectivity index (χ4n) is 3.76. The Morgan fingerprint density at radius 2 is 1.49 bits per heavy atom. The van der Waals surface area contributed by atoms with Crippen LogP contribution in [-0.4, -0.2) is 22.0 Å². The molecule has 1 aliphatic heterocycles. The lowest BCUT2D eigenvalue weighted by Gasteiger charge is -2.30. The van der Waals surface area contributed by atoms with E-state index in [1.807, 2.05) is 41.5 Å². The molecule has 0 spiro atoms. The van der Waals surface area contributed by atoms with E-state index in [1.54, 1.807) is 12.1 Å². The second-order valence-electron chi connectivity index (χ2n) is 10.5. The van der Waals surface area contributed by atoms with Crippen molar-refractivity contribution in [3.8, 4) is 5.75 Å². The second-order valence-corrected chi connectivity index (χ2v) is 10.9. The fourth-order valence-corrected chi connectivity index (χ4v) is 4.04. The zero-order chi connectivity index (χ0) is 26.5. The smallest absolute Gasteiger partial charge is 0.416 e. The SMILES string of the molecule is CC(C)(C)c1cc(/C=C2\C(=O)NC(=S)N(c3cccc(C(F)(F)F)c3)C2=O)cc(C(C)(C)C)c1O. The minimum absolute atomic E-state index is 0.114. The van der Waals surface area contributed by atoms with Gasteiger partial charge in [-0.1, -0.05) is 47.6 Å². The van der Waals surface area contributed by atoms with E-state index in [2.05, 4.69) is 5.32 Å². The number of phenolic OH excluding ortho intramolecular Hbond substituents is 1. The summed E-state index contributed by atoms with van der Waals surface area (Å²) in [5.41, 5.74) is -0.481. The number of halogens is 3. The number of carbonyl (C=O) groups excluding carboxylic acids is 2. The van der Waals surface area contributed by atoms with Crippen molar-refractivity contribution in [2.45, 2.75) is 58.5 Å². The zero-order valence-corrected chi connectivity index (χ0v) is 21.1. The van der Waals surface area contributed by atoms with Crippen LogP contribution in [0.2, 0.25) is 0 Å². The molecule has 0 bridgehead atoms. The predicted octanol–water partition coefficient (Wildman–Crippen LogP) is 5.84. The van der Waals surface area contributed by atoms with E-state index in [1.165, 1.54) is 18.2 Å². The van der Waals surface area contributed by atoms with E-state index in [4.69, 9.17) is 12.2 Å². The average molecular weight is 505 g/mol. The van der Waals surface area contributed by atoms with Gasteiger partial charge in [0.05, 0.1) is 11.3 Å². The van der Waals surface area contributed by atoms with Gasteiger partial charge in [-0.3, -0.25) is 19.8 Å². The van der Waals surface area contributed by atoms with Crippen LogP contribution in [0.4, 0.5) is 18.9 Å². The van der Waals surface area contributed by atoms with Gasteiger partial charge in [0.2, 0.25) is 0 Å². The Bertz CT molecular complexity index is 1220. The first kappa shape index (κ1) is 26.4. The first-order valence-corrected chi connectivity index (χ1v) is 11.3. The molecule has 1 fully saturated rings. The Morgan fingerprint density at radius 3 is 1.97 bits per heavy atom. The van der Waals surface area contributed by atoms with E-state index < -0.39 is 34.4 Å². The summed E-state index contributed by atoms with van der Waals surface area (Å²) in [5.74, 6) is -1.47. The summed E-state index contributed by atoms with van der Waals surface area (Å²) in [6, 6.07) is 7.55. The molecule has 5 nitrogen and oxygen atoms in total. The number of amides is 2. The van der Waals surface area contributed by atoms with Gasteiger partial charge in [-0.25, -0.2) is 0 Å². The quantitative estimate of drug-likeness (QED) is 0.306. The number of thiocarbonyl (C=S) groups is 1. The Kier molecular flexibility index (Phi) is 6.63. The largest absolute Gasteiger partial charge is 0.507 e. The molecule has 2 amide bonds. The van der Waals surface area contributed by atoms with Gasteiger partial charge in [-0.05, 0) is 65.0 Å². The summed E-state index contributed by atoms with van der Waals surface area (Å²) < 4.78 is 39.7. The number of alkyl halides is 3. The van der Waals surface area contributed by atoms with Crippen LogP contribution in [0, 0.1) is 0 Å². The van der Waals surface area contributed by atoms with Crippen LogP contribution in [-0.2, 0) is 26.6 Å². The van der Waals surface area contributed by atoms with Gasteiger partial charge in [0.25, 0.3) is 11.8 Å². The molecule has 0 aliphatic carbocycles. The van der Waals surface area contributed by atoms with Crippen LogP contribution in [0.3, 0.4) is 0 Å². The maximum Gasteiger partial charge on any atom is 0.416 e. The topological polar surface area (TPSA) is 69.6 Å². The van der Waals surface area contributed by atoms with Gasteiger partial charge >= 0.3 is 6.18 Å². The third kappa shape index (κ3) is 5.40. The highest BCUT2D eigenvalue weighted by molar-refractivity contribution is 7.80. The number of rotatable bonds is 2. The number of nitrogens with zero attached hydrogens (tertiary/aromatic N) is 1. The molecule has 0 saturated carbocycles. The number of nitrogens with one attached hydrogen (secondary N) is 1. The number of hydrogen-bond acceptors (Lipinski definition) is 4. The lowest BCUT2D eigenvalue weighted by molar-refractivity contribution is -0.137. The monoisotopic (exact) mass is 504 g/mol. The Morgan fingerprint density at radius 1 is 0.943 bits per heavy atom. The highest BCUT2D eigenvalue weighted by Crippen LogP contribution is 2.40. The molecule has 0 aromatic heterocycles.